The lowest BCUT2D eigenvalue weighted by Crippen LogP contribution is -2.27. The number of anilines is 1. The molecule has 3 rings (SSSR count). The van der Waals surface area contributed by atoms with Gasteiger partial charge in [-0.25, -0.2) is 0 Å². The smallest absolute Gasteiger partial charge is 0.232 e. The van der Waals surface area contributed by atoms with Crippen LogP contribution >= 0.6 is 11.8 Å². The third-order valence-corrected chi connectivity index (χ3v) is 5.53. The molecule has 2 aromatic carbocycles. The Morgan fingerprint density at radius 2 is 1.87 bits per heavy atom. The third-order valence-electron chi connectivity index (χ3n) is 4.51. The number of amides is 2. The summed E-state index contributed by atoms with van der Waals surface area (Å²) in [6, 6.07) is 17.1. The van der Waals surface area contributed by atoms with Crippen LogP contribution in [0.2, 0.25) is 0 Å². The minimum Gasteiger partial charge on any atom is -0.497 e. The zero-order valence-corrected chi connectivity index (χ0v) is 18.3. The number of thioether (sulfide) groups is 1. The molecular formula is C22H25N5O3S. The Kier molecular flexibility index (Phi) is 8.05. The van der Waals surface area contributed by atoms with Gasteiger partial charge in [0.05, 0.1) is 19.3 Å². The molecule has 0 aliphatic rings. The average molecular weight is 440 g/mol. The standard InChI is InChI=1S/C22H25N5O3S/c1-27-19(14-20(28)24-17-9-6-10-18(13-17)30-2)25-26-22(27)31-15-21(29)23-12-11-16-7-4-3-5-8-16/h3-10,13H,11-12,14-15H2,1-2H3,(H,23,29)(H,24,28). The van der Waals surface area contributed by atoms with Gasteiger partial charge in [-0.3, -0.25) is 9.59 Å². The fraction of sp³-hybridized carbons (Fsp3) is 0.273. The molecule has 2 amide bonds. The lowest BCUT2D eigenvalue weighted by atomic mass is 10.1. The number of aromatic nitrogens is 3. The van der Waals surface area contributed by atoms with Crippen molar-refractivity contribution in [2.45, 2.75) is 18.0 Å². The normalized spacial score (nSPS) is 10.5. The Morgan fingerprint density at radius 1 is 1.06 bits per heavy atom. The summed E-state index contributed by atoms with van der Waals surface area (Å²) in [5.41, 5.74) is 1.83. The number of nitrogens with one attached hydrogen (secondary N) is 2. The SMILES string of the molecule is COc1cccc(NC(=O)Cc2nnc(SCC(=O)NCCc3ccccc3)n2C)c1. The molecule has 0 bridgehead atoms. The summed E-state index contributed by atoms with van der Waals surface area (Å²) < 4.78 is 6.89. The summed E-state index contributed by atoms with van der Waals surface area (Å²) in [5.74, 6) is 1.14. The predicted molar refractivity (Wildman–Crippen MR) is 120 cm³/mol. The van der Waals surface area contributed by atoms with Gasteiger partial charge in [-0.1, -0.05) is 48.2 Å². The van der Waals surface area contributed by atoms with Gasteiger partial charge in [0.2, 0.25) is 11.8 Å². The van der Waals surface area contributed by atoms with Gasteiger partial charge in [0, 0.05) is 25.3 Å². The van der Waals surface area contributed by atoms with E-state index in [1.165, 1.54) is 17.3 Å². The first-order valence-corrected chi connectivity index (χ1v) is 10.8. The monoisotopic (exact) mass is 439 g/mol. The van der Waals surface area contributed by atoms with Gasteiger partial charge < -0.3 is 19.9 Å². The quantitative estimate of drug-likeness (QED) is 0.471. The van der Waals surface area contributed by atoms with Crippen molar-refractivity contribution in [3.63, 3.8) is 0 Å². The summed E-state index contributed by atoms with van der Waals surface area (Å²) in [6.45, 7) is 0.581. The summed E-state index contributed by atoms with van der Waals surface area (Å²) in [7, 11) is 3.35. The second kappa shape index (κ2) is 11.2. The van der Waals surface area contributed by atoms with E-state index in [-0.39, 0.29) is 24.0 Å². The molecule has 2 N–H and O–H groups in total. The van der Waals surface area contributed by atoms with Crippen molar-refractivity contribution in [1.82, 2.24) is 20.1 Å². The molecule has 31 heavy (non-hydrogen) atoms. The Morgan fingerprint density at radius 3 is 2.65 bits per heavy atom. The van der Waals surface area contributed by atoms with E-state index in [0.29, 0.717) is 29.0 Å². The maximum absolute atomic E-state index is 12.3. The van der Waals surface area contributed by atoms with Crippen molar-refractivity contribution in [3.05, 3.63) is 66.0 Å². The molecule has 1 heterocycles. The number of ether oxygens (including phenoxy) is 1. The van der Waals surface area contributed by atoms with Gasteiger partial charge in [0.1, 0.15) is 11.6 Å². The highest BCUT2D eigenvalue weighted by Gasteiger charge is 2.14. The van der Waals surface area contributed by atoms with Gasteiger partial charge in [-0.15, -0.1) is 10.2 Å². The van der Waals surface area contributed by atoms with Gasteiger partial charge in [-0.05, 0) is 24.1 Å². The van der Waals surface area contributed by atoms with Gasteiger partial charge >= 0.3 is 0 Å². The lowest BCUT2D eigenvalue weighted by molar-refractivity contribution is -0.118. The van der Waals surface area contributed by atoms with Crippen molar-refractivity contribution in [1.29, 1.82) is 0 Å². The van der Waals surface area contributed by atoms with Crippen molar-refractivity contribution < 1.29 is 14.3 Å². The number of carbonyl (C=O) groups excluding carboxylic acids is 2. The molecule has 0 radical (unpaired) electrons. The number of hydrogen-bond donors (Lipinski definition) is 2. The zero-order chi connectivity index (χ0) is 22.1. The number of rotatable bonds is 10. The van der Waals surface area contributed by atoms with Crippen LogP contribution in [0.3, 0.4) is 0 Å². The maximum Gasteiger partial charge on any atom is 0.232 e. The average Bonchev–Trinajstić information content (AvgIpc) is 3.12. The molecule has 8 nitrogen and oxygen atoms in total. The number of carbonyl (C=O) groups is 2. The predicted octanol–water partition coefficient (Wildman–Crippen LogP) is 2.46. The summed E-state index contributed by atoms with van der Waals surface area (Å²) in [6.07, 6.45) is 0.859. The second-order valence-electron chi connectivity index (χ2n) is 6.79. The minimum absolute atomic E-state index is 0.0683. The van der Waals surface area contributed by atoms with Crippen LogP contribution in [-0.2, 0) is 29.5 Å². The fourth-order valence-corrected chi connectivity index (χ4v) is 3.61. The van der Waals surface area contributed by atoms with Crippen LogP contribution in [-0.4, -0.2) is 46.0 Å². The summed E-state index contributed by atoms with van der Waals surface area (Å²) in [5, 5.41) is 14.5. The van der Waals surface area contributed by atoms with E-state index < -0.39 is 0 Å². The van der Waals surface area contributed by atoms with E-state index in [0.717, 1.165) is 6.42 Å². The van der Waals surface area contributed by atoms with Crippen LogP contribution in [0.4, 0.5) is 5.69 Å². The molecule has 0 atom stereocenters. The number of hydrogen-bond acceptors (Lipinski definition) is 6. The maximum atomic E-state index is 12.3. The Labute approximate surface area is 185 Å². The van der Waals surface area contributed by atoms with Gasteiger partial charge in [0.15, 0.2) is 5.16 Å². The molecule has 0 aliphatic heterocycles. The van der Waals surface area contributed by atoms with E-state index in [9.17, 15) is 9.59 Å². The third kappa shape index (κ3) is 6.85. The molecule has 0 unspecified atom stereocenters. The number of benzene rings is 2. The fourth-order valence-electron chi connectivity index (χ4n) is 2.85. The molecule has 3 aromatic rings. The largest absolute Gasteiger partial charge is 0.497 e. The zero-order valence-electron chi connectivity index (χ0n) is 17.5. The van der Waals surface area contributed by atoms with Gasteiger partial charge in [-0.2, -0.15) is 0 Å². The van der Waals surface area contributed by atoms with Crippen molar-refractivity contribution >= 4 is 29.3 Å². The molecule has 1 aromatic heterocycles. The molecular weight excluding hydrogens is 414 g/mol. The van der Waals surface area contributed by atoms with Crippen LogP contribution in [0.25, 0.3) is 0 Å². The highest BCUT2D eigenvalue weighted by molar-refractivity contribution is 7.99. The van der Waals surface area contributed by atoms with Gasteiger partial charge in [0.25, 0.3) is 0 Å². The molecule has 0 saturated heterocycles. The minimum atomic E-state index is -0.209. The van der Waals surface area contributed by atoms with Crippen LogP contribution < -0.4 is 15.4 Å². The Hall–Kier alpha value is -3.33. The van der Waals surface area contributed by atoms with Crippen molar-refractivity contribution in [3.8, 4) is 5.75 Å². The molecule has 0 saturated carbocycles. The molecule has 9 heteroatoms. The first-order chi connectivity index (χ1) is 15.0. The lowest BCUT2D eigenvalue weighted by Gasteiger charge is -2.07. The van der Waals surface area contributed by atoms with Crippen LogP contribution in [0.15, 0.2) is 59.8 Å². The van der Waals surface area contributed by atoms with E-state index in [4.69, 9.17) is 4.74 Å². The highest BCUT2D eigenvalue weighted by Crippen LogP contribution is 2.18. The number of nitrogens with zero attached hydrogens (tertiary/aromatic N) is 3. The van der Waals surface area contributed by atoms with E-state index in [2.05, 4.69) is 20.8 Å². The molecule has 0 fully saturated rings. The molecule has 0 spiro atoms. The first-order valence-electron chi connectivity index (χ1n) is 9.80. The van der Waals surface area contributed by atoms with E-state index >= 15 is 0 Å². The first kappa shape index (κ1) is 22.4. The van der Waals surface area contributed by atoms with Crippen LogP contribution in [0.5, 0.6) is 5.75 Å². The van der Waals surface area contributed by atoms with E-state index in [1.54, 1.807) is 43.0 Å². The van der Waals surface area contributed by atoms with Crippen molar-refractivity contribution in [2.24, 2.45) is 7.05 Å². The van der Waals surface area contributed by atoms with Crippen LogP contribution in [0.1, 0.15) is 11.4 Å². The second-order valence-corrected chi connectivity index (χ2v) is 7.73. The highest BCUT2D eigenvalue weighted by atomic mass is 32.2. The molecule has 162 valence electrons. The van der Waals surface area contributed by atoms with E-state index in [1.807, 2.05) is 30.3 Å². The topological polar surface area (TPSA) is 98.1 Å². The summed E-state index contributed by atoms with van der Waals surface area (Å²) in [4.78, 5) is 24.4. The summed E-state index contributed by atoms with van der Waals surface area (Å²) >= 11 is 1.29. The van der Waals surface area contributed by atoms with Crippen LogP contribution in [0, 0.1) is 0 Å². The van der Waals surface area contributed by atoms with Crippen molar-refractivity contribution in [2.75, 3.05) is 24.7 Å². The Balaban J connectivity index is 1.44. The molecule has 0 aliphatic carbocycles. The Bertz CT molecular complexity index is 1020. The number of methoxy groups -OCH3 is 1.